The predicted molar refractivity (Wildman–Crippen MR) is 94.0 cm³/mol. The van der Waals surface area contributed by atoms with Gasteiger partial charge in [0.25, 0.3) is 5.91 Å². The lowest BCUT2D eigenvalue weighted by Gasteiger charge is -2.38. The summed E-state index contributed by atoms with van der Waals surface area (Å²) in [5.74, 6) is 0.0265. The molecule has 118 valence electrons. The number of alkyl halides is 1. The van der Waals surface area contributed by atoms with Gasteiger partial charge in [-0.3, -0.25) is 9.59 Å². The Bertz CT molecular complexity index is 702. The van der Waals surface area contributed by atoms with Crippen LogP contribution in [0.5, 0.6) is 0 Å². The van der Waals surface area contributed by atoms with E-state index < -0.39 is 4.32 Å². The number of likely N-dealkylation sites (tertiary alicyclic amines) is 1. The van der Waals surface area contributed by atoms with E-state index in [1.807, 2.05) is 60.7 Å². The largest absolute Gasteiger partial charge is 0.337 e. The Morgan fingerprint density at radius 2 is 1.48 bits per heavy atom. The lowest BCUT2D eigenvalue weighted by Crippen LogP contribution is -2.51. The van der Waals surface area contributed by atoms with E-state index >= 15 is 0 Å². The fraction of sp³-hybridized carbons (Fsp3) is 0.263. The molecule has 23 heavy (non-hydrogen) atoms. The van der Waals surface area contributed by atoms with Crippen molar-refractivity contribution in [2.24, 2.45) is 0 Å². The SMILES string of the molecule is O=C(c1ccccc1)N1CCCC(Br)(C(=O)c2ccccc2)C1. The van der Waals surface area contributed by atoms with Crippen molar-refractivity contribution in [2.45, 2.75) is 17.2 Å². The van der Waals surface area contributed by atoms with Crippen LogP contribution < -0.4 is 0 Å². The molecule has 2 aromatic rings. The zero-order valence-electron chi connectivity index (χ0n) is 12.7. The summed E-state index contributed by atoms with van der Waals surface area (Å²) in [6, 6.07) is 18.5. The maximum Gasteiger partial charge on any atom is 0.253 e. The molecule has 1 aliphatic rings. The van der Waals surface area contributed by atoms with Crippen molar-refractivity contribution in [2.75, 3.05) is 13.1 Å². The fourth-order valence-corrected chi connectivity index (χ4v) is 3.79. The molecule has 3 nitrogen and oxygen atoms in total. The zero-order chi connectivity index (χ0) is 16.3. The van der Waals surface area contributed by atoms with Gasteiger partial charge in [-0.2, -0.15) is 0 Å². The Hall–Kier alpha value is -1.94. The molecule has 0 aliphatic carbocycles. The Kier molecular flexibility index (Phi) is 4.62. The second kappa shape index (κ2) is 6.67. The molecule has 0 spiro atoms. The number of rotatable bonds is 3. The lowest BCUT2D eigenvalue weighted by molar-refractivity contribution is 0.0669. The van der Waals surface area contributed by atoms with Crippen LogP contribution in [-0.4, -0.2) is 34.0 Å². The minimum atomic E-state index is -0.697. The number of benzene rings is 2. The van der Waals surface area contributed by atoms with Gasteiger partial charge in [0.2, 0.25) is 0 Å². The van der Waals surface area contributed by atoms with Crippen molar-refractivity contribution < 1.29 is 9.59 Å². The summed E-state index contributed by atoms with van der Waals surface area (Å²) in [7, 11) is 0. The Morgan fingerprint density at radius 3 is 2.09 bits per heavy atom. The third-order valence-electron chi connectivity index (χ3n) is 4.19. The van der Waals surface area contributed by atoms with Gasteiger partial charge in [0.1, 0.15) is 4.32 Å². The number of ketones is 1. The molecule has 1 atom stereocenters. The number of carbonyl (C=O) groups excluding carboxylic acids is 2. The third kappa shape index (κ3) is 3.37. The van der Waals surface area contributed by atoms with E-state index in [9.17, 15) is 9.59 Å². The van der Waals surface area contributed by atoms with Crippen LogP contribution in [0.3, 0.4) is 0 Å². The molecule has 4 heteroatoms. The number of Topliss-reactive ketones (excluding diaryl/α,β-unsaturated/α-hetero) is 1. The van der Waals surface area contributed by atoms with Crippen LogP contribution in [-0.2, 0) is 0 Å². The molecule has 0 bridgehead atoms. The van der Waals surface area contributed by atoms with Gasteiger partial charge in [0, 0.05) is 24.2 Å². The van der Waals surface area contributed by atoms with Gasteiger partial charge in [0.15, 0.2) is 5.78 Å². The van der Waals surface area contributed by atoms with Crippen molar-refractivity contribution in [3.63, 3.8) is 0 Å². The van der Waals surface area contributed by atoms with E-state index in [4.69, 9.17) is 0 Å². The van der Waals surface area contributed by atoms with E-state index in [0.29, 0.717) is 24.2 Å². The molecule has 0 aromatic heterocycles. The quantitative estimate of drug-likeness (QED) is 0.605. The molecule has 0 N–H and O–H groups in total. The van der Waals surface area contributed by atoms with E-state index in [2.05, 4.69) is 15.9 Å². The van der Waals surface area contributed by atoms with Crippen LogP contribution in [0, 0.1) is 0 Å². The number of hydrogen-bond acceptors (Lipinski definition) is 2. The van der Waals surface area contributed by atoms with Gasteiger partial charge in [-0.15, -0.1) is 0 Å². The first kappa shape index (κ1) is 15.9. The molecule has 1 amide bonds. The van der Waals surface area contributed by atoms with Crippen LogP contribution in [0.15, 0.2) is 60.7 Å². The van der Waals surface area contributed by atoms with Gasteiger partial charge < -0.3 is 4.90 Å². The number of halogens is 1. The Labute approximate surface area is 144 Å². The van der Waals surface area contributed by atoms with Crippen molar-refractivity contribution in [1.29, 1.82) is 0 Å². The van der Waals surface area contributed by atoms with Crippen molar-refractivity contribution in [3.05, 3.63) is 71.8 Å². The number of amides is 1. The molecule has 0 radical (unpaired) electrons. The average Bonchev–Trinajstić information content (AvgIpc) is 2.62. The number of nitrogens with zero attached hydrogens (tertiary/aromatic N) is 1. The van der Waals surface area contributed by atoms with Crippen LogP contribution in [0.4, 0.5) is 0 Å². The topological polar surface area (TPSA) is 37.4 Å². The van der Waals surface area contributed by atoms with Gasteiger partial charge in [0.05, 0.1) is 0 Å². The van der Waals surface area contributed by atoms with Gasteiger partial charge in [-0.05, 0) is 25.0 Å². The molecule has 1 heterocycles. The number of piperidine rings is 1. The molecule has 2 aromatic carbocycles. The second-order valence-corrected chi connectivity index (χ2v) is 7.37. The highest BCUT2D eigenvalue weighted by Gasteiger charge is 2.41. The molecular weight excluding hydrogens is 354 g/mol. The highest BCUT2D eigenvalue weighted by atomic mass is 79.9. The predicted octanol–water partition coefficient (Wildman–Crippen LogP) is 3.94. The smallest absolute Gasteiger partial charge is 0.253 e. The van der Waals surface area contributed by atoms with Crippen LogP contribution in [0.2, 0.25) is 0 Å². The summed E-state index contributed by atoms with van der Waals surface area (Å²) in [5.41, 5.74) is 1.34. The summed E-state index contributed by atoms with van der Waals surface area (Å²) in [5, 5.41) is 0. The zero-order valence-corrected chi connectivity index (χ0v) is 14.3. The van der Waals surface area contributed by atoms with Crippen LogP contribution in [0.1, 0.15) is 33.6 Å². The van der Waals surface area contributed by atoms with Crippen molar-refractivity contribution >= 4 is 27.6 Å². The van der Waals surface area contributed by atoms with E-state index in [-0.39, 0.29) is 11.7 Å². The number of hydrogen-bond donors (Lipinski definition) is 0. The summed E-state index contributed by atoms with van der Waals surface area (Å²) < 4.78 is -0.697. The molecular formula is C19H18BrNO2. The van der Waals surface area contributed by atoms with Crippen molar-refractivity contribution in [1.82, 2.24) is 4.90 Å². The molecule has 1 fully saturated rings. The van der Waals surface area contributed by atoms with Crippen molar-refractivity contribution in [3.8, 4) is 0 Å². The Balaban J connectivity index is 1.80. The standard InChI is InChI=1S/C19H18BrNO2/c20-19(17(22)15-8-3-1-4-9-15)12-7-13-21(14-19)18(23)16-10-5-2-6-11-16/h1-6,8-11H,7,12-14H2. The Morgan fingerprint density at radius 1 is 0.913 bits per heavy atom. The van der Waals surface area contributed by atoms with Gasteiger partial charge >= 0.3 is 0 Å². The van der Waals surface area contributed by atoms with Gasteiger partial charge in [-0.25, -0.2) is 0 Å². The summed E-state index contributed by atoms with van der Waals surface area (Å²) in [4.78, 5) is 27.3. The third-order valence-corrected chi connectivity index (χ3v) is 5.20. The molecule has 1 unspecified atom stereocenters. The molecule has 1 saturated heterocycles. The highest BCUT2D eigenvalue weighted by Crippen LogP contribution is 2.34. The summed E-state index contributed by atoms with van der Waals surface area (Å²) in [6.07, 6.45) is 1.54. The first-order valence-corrected chi connectivity index (χ1v) is 8.52. The highest BCUT2D eigenvalue weighted by molar-refractivity contribution is 9.10. The minimum absolute atomic E-state index is 0.0185. The molecule has 0 saturated carbocycles. The minimum Gasteiger partial charge on any atom is -0.337 e. The average molecular weight is 372 g/mol. The molecule has 3 rings (SSSR count). The van der Waals surface area contributed by atoms with E-state index in [1.54, 1.807) is 4.90 Å². The van der Waals surface area contributed by atoms with Crippen LogP contribution in [0.25, 0.3) is 0 Å². The summed E-state index contributed by atoms with van der Waals surface area (Å²) >= 11 is 3.64. The lowest BCUT2D eigenvalue weighted by atomic mass is 9.89. The summed E-state index contributed by atoms with van der Waals surface area (Å²) in [6.45, 7) is 1.08. The van der Waals surface area contributed by atoms with E-state index in [1.165, 1.54) is 0 Å². The van der Waals surface area contributed by atoms with Crippen LogP contribution >= 0.6 is 15.9 Å². The first-order valence-electron chi connectivity index (χ1n) is 7.73. The maximum absolute atomic E-state index is 12.8. The monoisotopic (exact) mass is 371 g/mol. The fourth-order valence-electron chi connectivity index (χ4n) is 2.98. The van der Waals surface area contributed by atoms with E-state index in [0.717, 1.165) is 12.8 Å². The maximum atomic E-state index is 12.8. The molecule has 1 aliphatic heterocycles. The number of carbonyl (C=O) groups is 2. The van der Waals surface area contributed by atoms with Gasteiger partial charge in [-0.1, -0.05) is 64.5 Å². The normalized spacial score (nSPS) is 21.0. The first-order chi connectivity index (χ1) is 11.1. The second-order valence-electron chi connectivity index (χ2n) is 5.86.